The van der Waals surface area contributed by atoms with E-state index in [1.807, 2.05) is 25.2 Å². The van der Waals surface area contributed by atoms with E-state index in [1.165, 1.54) is 11.8 Å². The Morgan fingerprint density at radius 3 is 2.59 bits per heavy atom. The largest absolute Gasteiger partial charge is 0.508 e. The van der Waals surface area contributed by atoms with Crippen molar-refractivity contribution in [3.63, 3.8) is 0 Å². The number of amidine groups is 1. The molecule has 4 rings (SSSR count). The molecule has 2 aromatic rings. The number of carbonyl (C=O) groups is 1. The Bertz CT molecular complexity index is 983. The molecule has 0 unspecified atom stereocenters. The number of thioether (sulfide) groups is 2. The standard InChI is InChI=1S/C20H17N3O2S2/c1-3-12-23-18(25)17(19-22(2)15-6-4-5-7-16(15)26-19)27-20(23)21-13-8-10-14(24)11-9-13/h3-11,24H,1,12H2,2H3/b19-17-,21-20?. The molecule has 0 aromatic heterocycles. The molecule has 1 fully saturated rings. The number of phenolic OH excluding ortho intramolecular Hbond substituents is 1. The van der Waals surface area contributed by atoms with Gasteiger partial charge in [-0.1, -0.05) is 30.0 Å². The molecule has 0 radical (unpaired) electrons. The van der Waals surface area contributed by atoms with Crippen molar-refractivity contribution in [2.24, 2.45) is 4.99 Å². The summed E-state index contributed by atoms with van der Waals surface area (Å²) in [7, 11) is 1.97. The van der Waals surface area contributed by atoms with Gasteiger partial charge in [-0.2, -0.15) is 0 Å². The zero-order chi connectivity index (χ0) is 19.0. The third-order valence-corrected chi connectivity index (χ3v) is 6.61. The Balaban J connectivity index is 1.73. The Kier molecular flexibility index (Phi) is 4.72. The summed E-state index contributed by atoms with van der Waals surface area (Å²) in [6.45, 7) is 4.15. The smallest absolute Gasteiger partial charge is 0.269 e. The lowest BCUT2D eigenvalue weighted by atomic mass is 10.3. The molecule has 0 atom stereocenters. The minimum atomic E-state index is -0.0698. The molecule has 0 spiro atoms. The van der Waals surface area contributed by atoms with E-state index in [2.05, 4.69) is 22.5 Å². The zero-order valence-corrected chi connectivity index (χ0v) is 16.3. The lowest BCUT2D eigenvalue weighted by Crippen LogP contribution is -2.29. The maximum absolute atomic E-state index is 13.1. The monoisotopic (exact) mass is 395 g/mol. The molecule has 2 aliphatic rings. The lowest BCUT2D eigenvalue weighted by Gasteiger charge is -2.15. The van der Waals surface area contributed by atoms with E-state index < -0.39 is 0 Å². The summed E-state index contributed by atoms with van der Waals surface area (Å²) in [5.41, 5.74) is 1.77. The second-order valence-corrected chi connectivity index (χ2v) is 7.99. The van der Waals surface area contributed by atoms with Crippen LogP contribution in [0.5, 0.6) is 5.75 Å². The summed E-state index contributed by atoms with van der Waals surface area (Å²) in [6, 6.07) is 14.7. The third-order valence-electron chi connectivity index (χ3n) is 4.18. The number of amides is 1. The van der Waals surface area contributed by atoms with Crippen LogP contribution >= 0.6 is 23.5 Å². The van der Waals surface area contributed by atoms with Crippen molar-refractivity contribution in [1.82, 2.24) is 4.90 Å². The molecule has 1 saturated heterocycles. The van der Waals surface area contributed by atoms with Gasteiger partial charge in [0, 0.05) is 18.5 Å². The number of para-hydroxylation sites is 1. The van der Waals surface area contributed by atoms with Crippen molar-refractivity contribution >= 4 is 46.0 Å². The Morgan fingerprint density at radius 2 is 1.89 bits per heavy atom. The fourth-order valence-electron chi connectivity index (χ4n) is 2.85. The highest BCUT2D eigenvalue weighted by Crippen LogP contribution is 2.49. The molecule has 2 aliphatic heterocycles. The van der Waals surface area contributed by atoms with Crippen molar-refractivity contribution in [3.05, 3.63) is 71.1 Å². The average Bonchev–Trinajstić information content (AvgIpc) is 3.16. The minimum absolute atomic E-state index is 0.0698. The Morgan fingerprint density at radius 1 is 1.15 bits per heavy atom. The molecule has 1 N–H and O–H groups in total. The van der Waals surface area contributed by atoms with Gasteiger partial charge in [-0.15, -0.1) is 6.58 Å². The van der Waals surface area contributed by atoms with Gasteiger partial charge in [0.15, 0.2) is 5.17 Å². The van der Waals surface area contributed by atoms with Crippen LogP contribution in [-0.4, -0.2) is 34.7 Å². The fourth-order valence-corrected chi connectivity index (χ4v) is 5.20. The number of hydrogen-bond donors (Lipinski definition) is 1. The molecule has 7 heteroatoms. The van der Waals surface area contributed by atoms with Crippen LogP contribution in [0.15, 0.2) is 81.0 Å². The number of carbonyl (C=O) groups excluding carboxylic acids is 1. The molecule has 27 heavy (non-hydrogen) atoms. The second-order valence-electron chi connectivity index (χ2n) is 5.98. The summed E-state index contributed by atoms with van der Waals surface area (Å²) >= 11 is 2.97. The molecule has 136 valence electrons. The van der Waals surface area contributed by atoms with Crippen LogP contribution in [0.3, 0.4) is 0 Å². The number of anilines is 1. The van der Waals surface area contributed by atoms with Gasteiger partial charge in [-0.25, -0.2) is 4.99 Å². The number of aliphatic imine (C=N–C) groups is 1. The number of benzene rings is 2. The van der Waals surface area contributed by atoms with E-state index in [1.54, 1.807) is 47.0 Å². The fraction of sp³-hybridized carbons (Fsp3) is 0.100. The quantitative estimate of drug-likeness (QED) is 0.610. The van der Waals surface area contributed by atoms with E-state index in [4.69, 9.17) is 0 Å². The van der Waals surface area contributed by atoms with E-state index in [0.29, 0.717) is 22.3 Å². The van der Waals surface area contributed by atoms with Crippen molar-refractivity contribution in [2.75, 3.05) is 18.5 Å². The van der Waals surface area contributed by atoms with Crippen LogP contribution in [0.1, 0.15) is 0 Å². The van der Waals surface area contributed by atoms with Gasteiger partial charge in [0.2, 0.25) is 0 Å². The van der Waals surface area contributed by atoms with Crippen LogP contribution in [0.2, 0.25) is 0 Å². The SMILES string of the molecule is C=CCN1C(=O)/C(=C2/Sc3ccccc3N2C)SC1=Nc1ccc(O)cc1. The molecular weight excluding hydrogens is 378 g/mol. The number of aromatic hydroxyl groups is 1. The normalized spacial score (nSPS) is 20.5. The van der Waals surface area contributed by atoms with Gasteiger partial charge in [0.05, 0.1) is 16.4 Å². The van der Waals surface area contributed by atoms with Gasteiger partial charge in [0.25, 0.3) is 5.91 Å². The molecule has 2 heterocycles. The topological polar surface area (TPSA) is 56.1 Å². The van der Waals surface area contributed by atoms with Crippen molar-refractivity contribution < 1.29 is 9.90 Å². The summed E-state index contributed by atoms with van der Waals surface area (Å²) in [6.07, 6.45) is 1.69. The molecule has 0 aliphatic carbocycles. The van der Waals surface area contributed by atoms with E-state index >= 15 is 0 Å². The van der Waals surface area contributed by atoms with Gasteiger partial charge < -0.3 is 10.0 Å². The van der Waals surface area contributed by atoms with Crippen LogP contribution in [0, 0.1) is 0 Å². The van der Waals surface area contributed by atoms with Gasteiger partial charge in [-0.05, 0) is 48.2 Å². The maximum Gasteiger partial charge on any atom is 0.269 e. The molecule has 1 amide bonds. The predicted octanol–water partition coefficient (Wildman–Crippen LogP) is 4.55. The number of phenols is 1. The average molecular weight is 396 g/mol. The van der Waals surface area contributed by atoms with E-state index in [0.717, 1.165) is 15.6 Å². The first-order valence-corrected chi connectivity index (χ1v) is 9.95. The zero-order valence-electron chi connectivity index (χ0n) is 14.6. The molecular formula is C20H17N3O2S2. The van der Waals surface area contributed by atoms with Crippen molar-refractivity contribution in [3.8, 4) is 5.75 Å². The number of rotatable bonds is 3. The van der Waals surface area contributed by atoms with Crippen LogP contribution < -0.4 is 4.90 Å². The first-order chi connectivity index (χ1) is 13.1. The van der Waals surface area contributed by atoms with Gasteiger partial charge in [-0.3, -0.25) is 9.69 Å². The predicted molar refractivity (Wildman–Crippen MR) is 112 cm³/mol. The summed E-state index contributed by atoms with van der Waals surface area (Å²) in [5.74, 6) is 0.112. The molecule has 0 bridgehead atoms. The first kappa shape index (κ1) is 17.8. The molecule has 0 saturated carbocycles. The molecule has 5 nitrogen and oxygen atoms in total. The third kappa shape index (κ3) is 3.24. The highest BCUT2D eigenvalue weighted by Gasteiger charge is 2.38. The lowest BCUT2D eigenvalue weighted by molar-refractivity contribution is -0.121. The van der Waals surface area contributed by atoms with Crippen molar-refractivity contribution in [2.45, 2.75) is 4.90 Å². The van der Waals surface area contributed by atoms with Crippen LogP contribution in [0.25, 0.3) is 0 Å². The first-order valence-electron chi connectivity index (χ1n) is 8.31. The highest BCUT2D eigenvalue weighted by molar-refractivity contribution is 8.19. The van der Waals surface area contributed by atoms with Gasteiger partial charge in [0.1, 0.15) is 10.7 Å². The number of nitrogens with zero attached hydrogens (tertiary/aromatic N) is 3. The van der Waals surface area contributed by atoms with Crippen LogP contribution in [0.4, 0.5) is 11.4 Å². The van der Waals surface area contributed by atoms with Crippen LogP contribution in [-0.2, 0) is 4.79 Å². The number of hydrogen-bond acceptors (Lipinski definition) is 6. The summed E-state index contributed by atoms with van der Waals surface area (Å²) in [5, 5.41) is 11.0. The minimum Gasteiger partial charge on any atom is -0.508 e. The van der Waals surface area contributed by atoms with E-state index in [-0.39, 0.29) is 11.7 Å². The maximum atomic E-state index is 13.1. The number of fused-ring (bicyclic) bond motifs is 1. The van der Waals surface area contributed by atoms with Crippen molar-refractivity contribution in [1.29, 1.82) is 0 Å². The summed E-state index contributed by atoms with van der Waals surface area (Å²) < 4.78 is 0. The van der Waals surface area contributed by atoms with Gasteiger partial charge >= 0.3 is 0 Å². The molecule has 2 aromatic carbocycles. The second kappa shape index (κ2) is 7.17. The Labute approximate surface area is 166 Å². The summed E-state index contributed by atoms with van der Waals surface area (Å²) in [4.78, 5) is 23.2. The Hall–Kier alpha value is -2.64. The highest BCUT2D eigenvalue weighted by atomic mass is 32.2. The van der Waals surface area contributed by atoms with E-state index in [9.17, 15) is 9.90 Å².